The minimum Gasteiger partial charge on any atom is -0.508 e. The quantitative estimate of drug-likeness (QED) is 0.110. The molecule has 4 atom stereocenters. The van der Waals surface area contributed by atoms with Crippen molar-refractivity contribution in [2.45, 2.75) is 60.2 Å². The molecule has 0 saturated heterocycles. The lowest BCUT2D eigenvalue weighted by Gasteiger charge is -2.33. The molecule has 0 spiro atoms. The number of phenolic OH excluding ortho intramolecular Hbond substituents is 8. The first-order valence-corrected chi connectivity index (χ1v) is 14.2. The Labute approximate surface area is 261 Å². The zero-order valence-electron chi connectivity index (χ0n) is 24.7. The Morgan fingerprint density at radius 1 is 0.511 bits per heavy atom. The van der Waals surface area contributed by atoms with E-state index < -0.39 is 11.5 Å². The maximum Gasteiger partial charge on any atom is 0.200 e. The van der Waals surface area contributed by atoms with Gasteiger partial charge in [-0.05, 0) is 85.3 Å². The summed E-state index contributed by atoms with van der Waals surface area (Å²) in [5, 5.41) is 77.1. The lowest BCUT2D eigenvalue weighted by atomic mass is 9.86. The lowest BCUT2D eigenvalue weighted by Crippen LogP contribution is -2.24. The Balaban J connectivity index is 0.000000200. The second-order valence-electron chi connectivity index (χ2n) is 11.7. The predicted octanol–water partition coefficient (Wildman–Crippen LogP) is 6.90. The van der Waals surface area contributed by atoms with Crippen LogP contribution in [0.5, 0.6) is 57.5 Å². The molecule has 0 saturated carbocycles. The van der Waals surface area contributed by atoms with Crippen molar-refractivity contribution in [2.75, 3.05) is 0 Å². The van der Waals surface area contributed by atoms with E-state index in [2.05, 4.69) is 0 Å². The highest BCUT2D eigenvalue weighted by atomic mass is 16.5. The summed E-state index contributed by atoms with van der Waals surface area (Å²) in [6.45, 7) is 7.88. The first kappa shape index (κ1) is 32.8. The van der Waals surface area contributed by atoms with Gasteiger partial charge in [0.25, 0.3) is 0 Å². The van der Waals surface area contributed by atoms with Crippen LogP contribution in [0, 0.1) is 25.7 Å². The monoisotopic (exact) mass is 620 g/mol. The van der Waals surface area contributed by atoms with Crippen LogP contribution in [-0.2, 0) is 12.8 Å². The normalized spacial score (nSPS) is 19.8. The van der Waals surface area contributed by atoms with Gasteiger partial charge in [0.2, 0.25) is 0 Å². The molecule has 2 heterocycles. The average molecular weight is 621 g/mol. The molecule has 10 nitrogen and oxygen atoms in total. The van der Waals surface area contributed by atoms with Crippen LogP contribution in [0.15, 0.2) is 48.5 Å². The van der Waals surface area contributed by atoms with Crippen LogP contribution in [0.2, 0.25) is 0 Å². The summed E-state index contributed by atoms with van der Waals surface area (Å²) in [5.41, 5.74) is 5.19. The first-order chi connectivity index (χ1) is 20.7. The van der Waals surface area contributed by atoms with Crippen molar-refractivity contribution >= 4 is 0 Å². The fourth-order valence-corrected chi connectivity index (χ4v) is 6.00. The zero-order chi connectivity index (χ0) is 32.0. The molecule has 240 valence electrons. The molecule has 0 radical (unpaired) electrons. The van der Waals surface area contributed by atoms with Crippen LogP contribution in [0.1, 0.15) is 66.9 Å². The molecular weight excluding hydrogens is 580 g/mol. The maximum atomic E-state index is 9.72. The summed E-state index contributed by atoms with van der Waals surface area (Å²) < 4.78 is 12.0. The van der Waals surface area contributed by atoms with Gasteiger partial charge in [-0.15, -0.1) is 0 Å². The molecule has 4 aromatic rings. The van der Waals surface area contributed by atoms with Crippen molar-refractivity contribution < 1.29 is 50.3 Å². The van der Waals surface area contributed by atoms with Crippen molar-refractivity contribution in [3.63, 3.8) is 0 Å². The Bertz CT molecular complexity index is 1560. The van der Waals surface area contributed by atoms with Crippen LogP contribution in [0.4, 0.5) is 0 Å². The highest BCUT2D eigenvalue weighted by Gasteiger charge is 2.32. The van der Waals surface area contributed by atoms with Gasteiger partial charge in [0, 0.05) is 35.1 Å². The standard InChI is InChI=1S/2C17H18O5.CH4/c2*1-8-3-11(18)7-15-12(8)4-9(2)17(22-15)10-5-13(19)16(21)14(20)6-10;/h2*3,5-7,9,17-21H,4H2,1-2H3;1H4/t9-,17+;9-,17-;/m10./s1. The van der Waals surface area contributed by atoms with Crippen LogP contribution >= 0.6 is 0 Å². The fourth-order valence-electron chi connectivity index (χ4n) is 6.00. The van der Waals surface area contributed by atoms with Crippen molar-refractivity contribution in [1.82, 2.24) is 0 Å². The summed E-state index contributed by atoms with van der Waals surface area (Å²) in [4.78, 5) is 0. The van der Waals surface area contributed by atoms with E-state index in [0.29, 0.717) is 22.6 Å². The van der Waals surface area contributed by atoms with Gasteiger partial charge in [-0.3, -0.25) is 0 Å². The number of fused-ring (bicyclic) bond motifs is 2. The third-order valence-electron chi connectivity index (χ3n) is 8.27. The molecule has 10 heteroatoms. The number of benzene rings is 4. The molecule has 0 aromatic heterocycles. The number of aryl methyl sites for hydroxylation is 2. The summed E-state index contributed by atoms with van der Waals surface area (Å²) in [6, 6.07) is 12.1. The predicted molar refractivity (Wildman–Crippen MR) is 168 cm³/mol. The van der Waals surface area contributed by atoms with Gasteiger partial charge < -0.3 is 50.3 Å². The number of aromatic hydroxyl groups is 8. The topological polar surface area (TPSA) is 180 Å². The van der Waals surface area contributed by atoms with E-state index in [1.807, 2.05) is 27.7 Å². The van der Waals surface area contributed by atoms with Gasteiger partial charge >= 0.3 is 0 Å². The third-order valence-corrected chi connectivity index (χ3v) is 8.27. The second-order valence-corrected chi connectivity index (χ2v) is 11.7. The molecule has 0 bridgehead atoms. The molecule has 0 fully saturated rings. The molecule has 4 aromatic carbocycles. The second kappa shape index (κ2) is 12.5. The van der Waals surface area contributed by atoms with E-state index in [4.69, 9.17) is 9.47 Å². The smallest absolute Gasteiger partial charge is 0.200 e. The SMILES string of the molecule is C.Cc1cc(O)cc2c1C[C@@H](C)[C@@H](c1cc(O)c(O)c(O)c1)O2.Cc1cc(O)cc2c1C[C@H](C)[C@@H](c1cc(O)c(O)c(O)c1)O2. The third kappa shape index (κ3) is 6.40. The van der Waals surface area contributed by atoms with E-state index in [1.54, 1.807) is 24.3 Å². The molecular formula is C35H40O10. The average Bonchev–Trinajstić information content (AvgIpc) is 2.94. The Morgan fingerprint density at radius 2 is 0.822 bits per heavy atom. The molecule has 2 aliphatic rings. The number of rotatable bonds is 2. The van der Waals surface area contributed by atoms with Crippen LogP contribution in [0.3, 0.4) is 0 Å². The van der Waals surface area contributed by atoms with Gasteiger partial charge in [-0.2, -0.15) is 0 Å². The van der Waals surface area contributed by atoms with E-state index in [9.17, 15) is 40.9 Å². The number of ether oxygens (including phenoxy) is 2. The summed E-state index contributed by atoms with van der Waals surface area (Å²) in [5.74, 6) is -0.915. The highest BCUT2D eigenvalue weighted by molar-refractivity contribution is 5.54. The van der Waals surface area contributed by atoms with Crippen molar-refractivity contribution in [3.8, 4) is 57.5 Å². The fraction of sp³-hybridized carbons (Fsp3) is 0.314. The molecule has 8 N–H and O–H groups in total. The molecule has 6 rings (SSSR count). The van der Waals surface area contributed by atoms with Gasteiger partial charge in [-0.1, -0.05) is 21.3 Å². The van der Waals surface area contributed by atoms with E-state index in [0.717, 1.165) is 35.1 Å². The minimum absolute atomic E-state index is 0. The first-order valence-electron chi connectivity index (χ1n) is 14.2. The maximum absolute atomic E-state index is 9.72. The molecule has 45 heavy (non-hydrogen) atoms. The summed E-state index contributed by atoms with van der Waals surface area (Å²) in [7, 11) is 0. The minimum atomic E-state index is -0.541. The van der Waals surface area contributed by atoms with Gasteiger partial charge in [0.15, 0.2) is 34.5 Å². The Kier molecular flexibility index (Phi) is 9.09. The van der Waals surface area contributed by atoms with Crippen molar-refractivity contribution in [3.05, 3.63) is 81.9 Å². The molecule has 2 aliphatic heterocycles. The Morgan fingerprint density at radius 3 is 1.13 bits per heavy atom. The van der Waals surface area contributed by atoms with Crippen LogP contribution < -0.4 is 9.47 Å². The van der Waals surface area contributed by atoms with Crippen molar-refractivity contribution in [1.29, 1.82) is 0 Å². The number of hydrogen-bond donors (Lipinski definition) is 8. The molecule has 0 unspecified atom stereocenters. The van der Waals surface area contributed by atoms with E-state index >= 15 is 0 Å². The number of phenols is 8. The largest absolute Gasteiger partial charge is 0.508 e. The van der Waals surface area contributed by atoms with Crippen LogP contribution in [-0.4, -0.2) is 40.9 Å². The van der Waals surface area contributed by atoms with Gasteiger partial charge in [-0.25, -0.2) is 0 Å². The molecule has 0 amide bonds. The van der Waals surface area contributed by atoms with Gasteiger partial charge in [0.05, 0.1) is 0 Å². The Hall–Kier alpha value is -5.12. The van der Waals surface area contributed by atoms with Crippen molar-refractivity contribution in [2.24, 2.45) is 11.8 Å². The number of hydrogen-bond acceptors (Lipinski definition) is 10. The highest BCUT2D eigenvalue weighted by Crippen LogP contribution is 2.46. The summed E-state index contributed by atoms with van der Waals surface area (Å²) in [6.07, 6.45) is 0.750. The van der Waals surface area contributed by atoms with E-state index in [1.165, 1.54) is 24.3 Å². The van der Waals surface area contributed by atoms with Gasteiger partial charge in [0.1, 0.15) is 35.2 Å². The summed E-state index contributed by atoms with van der Waals surface area (Å²) >= 11 is 0. The molecule has 0 aliphatic carbocycles. The van der Waals surface area contributed by atoms with E-state index in [-0.39, 0.29) is 66.0 Å². The zero-order valence-corrected chi connectivity index (χ0v) is 24.7. The van der Waals surface area contributed by atoms with Crippen LogP contribution in [0.25, 0.3) is 0 Å². The lowest BCUT2D eigenvalue weighted by molar-refractivity contribution is 0.122.